The summed E-state index contributed by atoms with van der Waals surface area (Å²) in [5.41, 5.74) is 5.42. The maximum atomic E-state index is 12.6. The van der Waals surface area contributed by atoms with Gasteiger partial charge < -0.3 is 14.5 Å². The van der Waals surface area contributed by atoms with Crippen molar-refractivity contribution >= 4 is 23.3 Å². The monoisotopic (exact) mass is 450 g/mol. The molecule has 32 heavy (non-hydrogen) atoms. The number of piperazine rings is 1. The van der Waals surface area contributed by atoms with Crippen LogP contribution in [0.5, 0.6) is 5.75 Å². The van der Waals surface area contributed by atoms with Gasteiger partial charge >= 0.3 is 0 Å². The maximum absolute atomic E-state index is 12.6. The highest BCUT2D eigenvalue weighted by atomic mass is 35.5. The summed E-state index contributed by atoms with van der Waals surface area (Å²) in [6.07, 6.45) is 0. The molecule has 0 unspecified atom stereocenters. The van der Waals surface area contributed by atoms with E-state index < -0.39 is 0 Å². The number of carbonyl (C=O) groups is 1. The number of aryl methyl sites for hydroxylation is 3. The van der Waals surface area contributed by atoms with E-state index in [2.05, 4.69) is 47.1 Å². The molecule has 2 aromatic carbocycles. The topological polar surface area (TPSA) is 58.6 Å². The highest BCUT2D eigenvalue weighted by Gasteiger charge is 2.23. The Morgan fingerprint density at radius 1 is 0.938 bits per heavy atom. The average molecular weight is 451 g/mol. The molecule has 1 saturated heterocycles. The minimum Gasteiger partial charge on any atom is -0.482 e. The molecule has 4 rings (SSSR count). The third-order valence-corrected chi connectivity index (χ3v) is 6.01. The minimum atomic E-state index is -0.0431. The number of nitrogens with zero attached hydrogens (tertiary/aromatic N) is 4. The number of anilines is 1. The molecule has 2 heterocycles. The van der Waals surface area contributed by atoms with E-state index in [1.807, 2.05) is 36.1 Å². The molecule has 1 aromatic heterocycles. The number of hydrogen-bond acceptors (Lipinski definition) is 5. The molecule has 0 saturated carbocycles. The molecule has 1 amide bonds. The number of ether oxygens (including phenoxy) is 1. The van der Waals surface area contributed by atoms with Crippen molar-refractivity contribution in [2.45, 2.75) is 20.8 Å². The summed E-state index contributed by atoms with van der Waals surface area (Å²) in [5.74, 6) is 1.32. The Hall–Kier alpha value is -3.12. The first-order valence-electron chi connectivity index (χ1n) is 10.7. The van der Waals surface area contributed by atoms with Gasteiger partial charge in [-0.1, -0.05) is 41.4 Å². The Morgan fingerprint density at radius 2 is 1.66 bits per heavy atom. The molecule has 1 aliphatic heterocycles. The first-order chi connectivity index (χ1) is 15.4. The van der Waals surface area contributed by atoms with Gasteiger partial charge in [0.25, 0.3) is 5.91 Å². The minimum absolute atomic E-state index is 0.0203. The van der Waals surface area contributed by atoms with Gasteiger partial charge in [-0.2, -0.15) is 0 Å². The fourth-order valence-electron chi connectivity index (χ4n) is 3.88. The second-order valence-electron chi connectivity index (χ2n) is 8.19. The molecule has 0 N–H and O–H groups in total. The number of hydrogen-bond donors (Lipinski definition) is 0. The molecule has 166 valence electrons. The van der Waals surface area contributed by atoms with Crippen LogP contribution in [0.3, 0.4) is 0 Å². The molecule has 0 spiro atoms. The molecular weight excluding hydrogens is 424 g/mol. The van der Waals surface area contributed by atoms with Crippen molar-refractivity contribution in [2.24, 2.45) is 0 Å². The fourth-order valence-corrected chi connectivity index (χ4v) is 4.05. The molecule has 0 bridgehead atoms. The summed E-state index contributed by atoms with van der Waals surface area (Å²) in [4.78, 5) is 16.6. The Kier molecular flexibility index (Phi) is 6.61. The fraction of sp³-hybridized carbons (Fsp3) is 0.320. The molecule has 1 aliphatic rings. The summed E-state index contributed by atoms with van der Waals surface area (Å²) < 4.78 is 5.66. The van der Waals surface area contributed by atoms with Gasteiger partial charge in [0.2, 0.25) is 0 Å². The van der Waals surface area contributed by atoms with Crippen LogP contribution in [-0.2, 0) is 4.79 Å². The smallest absolute Gasteiger partial charge is 0.260 e. The number of rotatable bonds is 5. The van der Waals surface area contributed by atoms with Gasteiger partial charge in [-0.3, -0.25) is 4.79 Å². The predicted octanol–water partition coefficient (Wildman–Crippen LogP) is 4.45. The van der Waals surface area contributed by atoms with Crippen LogP contribution in [0.2, 0.25) is 5.02 Å². The van der Waals surface area contributed by atoms with Crippen LogP contribution in [0, 0.1) is 20.8 Å². The van der Waals surface area contributed by atoms with Crippen LogP contribution in [0.1, 0.15) is 16.7 Å². The number of aromatic nitrogens is 2. The van der Waals surface area contributed by atoms with Crippen molar-refractivity contribution in [3.63, 3.8) is 0 Å². The van der Waals surface area contributed by atoms with Crippen LogP contribution in [0.4, 0.5) is 5.82 Å². The zero-order valence-corrected chi connectivity index (χ0v) is 19.4. The maximum Gasteiger partial charge on any atom is 0.260 e. The summed E-state index contributed by atoms with van der Waals surface area (Å²) in [7, 11) is 0. The standard InChI is InChI=1S/C25H27ClN4O2/c1-17-4-6-20(19(3)14-17)22-8-9-24(28-27-22)29-10-12-30(13-11-29)25(31)16-32-23-15-18(2)5-7-21(23)26/h4-9,14-15H,10-13,16H2,1-3H3. The van der Waals surface area contributed by atoms with E-state index in [9.17, 15) is 4.79 Å². The van der Waals surface area contributed by atoms with Crippen molar-refractivity contribution in [3.8, 4) is 17.0 Å². The highest BCUT2D eigenvalue weighted by molar-refractivity contribution is 6.32. The van der Waals surface area contributed by atoms with Gasteiger partial charge in [-0.25, -0.2) is 0 Å². The van der Waals surface area contributed by atoms with Crippen LogP contribution in [0.25, 0.3) is 11.3 Å². The summed E-state index contributed by atoms with van der Waals surface area (Å²) in [6.45, 7) is 8.75. The average Bonchev–Trinajstić information content (AvgIpc) is 2.80. The Bertz CT molecular complexity index is 1110. The molecule has 0 aliphatic carbocycles. The normalized spacial score (nSPS) is 13.9. The molecule has 3 aromatic rings. The van der Waals surface area contributed by atoms with E-state index in [1.54, 1.807) is 6.07 Å². The van der Waals surface area contributed by atoms with E-state index >= 15 is 0 Å². The van der Waals surface area contributed by atoms with E-state index in [0.717, 1.165) is 22.6 Å². The van der Waals surface area contributed by atoms with Gasteiger partial charge in [0.05, 0.1) is 10.7 Å². The van der Waals surface area contributed by atoms with Gasteiger partial charge in [0, 0.05) is 31.7 Å². The van der Waals surface area contributed by atoms with E-state index in [-0.39, 0.29) is 12.5 Å². The Labute approximate surface area is 193 Å². The second kappa shape index (κ2) is 9.57. The zero-order chi connectivity index (χ0) is 22.7. The lowest BCUT2D eigenvalue weighted by atomic mass is 10.0. The quantitative estimate of drug-likeness (QED) is 0.574. The molecular formula is C25H27ClN4O2. The van der Waals surface area contributed by atoms with Crippen molar-refractivity contribution in [2.75, 3.05) is 37.7 Å². The Morgan fingerprint density at radius 3 is 2.34 bits per heavy atom. The van der Waals surface area contributed by atoms with E-state index in [1.165, 1.54) is 11.1 Å². The van der Waals surface area contributed by atoms with Gasteiger partial charge in [-0.15, -0.1) is 10.2 Å². The van der Waals surface area contributed by atoms with Crippen molar-refractivity contribution in [1.29, 1.82) is 0 Å². The van der Waals surface area contributed by atoms with Crippen LogP contribution in [-0.4, -0.2) is 53.8 Å². The van der Waals surface area contributed by atoms with Gasteiger partial charge in [-0.05, 0) is 56.2 Å². The second-order valence-corrected chi connectivity index (χ2v) is 8.59. The third-order valence-electron chi connectivity index (χ3n) is 5.70. The largest absolute Gasteiger partial charge is 0.482 e. The summed E-state index contributed by atoms with van der Waals surface area (Å²) >= 11 is 6.15. The Balaban J connectivity index is 1.32. The molecule has 6 nitrogen and oxygen atoms in total. The van der Waals surface area contributed by atoms with Crippen molar-refractivity contribution in [3.05, 3.63) is 70.2 Å². The van der Waals surface area contributed by atoms with Gasteiger partial charge in [0.15, 0.2) is 12.4 Å². The summed E-state index contributed by atoms with van der Waals surface area (Å²) in [5, 5.41) is 9.39. The highest BCUT2D eigenvalue weighted by Crippen LogP contribution is 2.26. The lowest BCUT2D eigenvalue weighted by molar-refractivity contribution is -0.133. The van der Waals surface area contributed by atoms with Crippen molar-refractivity contribution < 1.29 is 9.53 Å². The number of benzene rings is 2. The van der Waals surface area contributed by atoms with Crippen LogP contribution < -0.4 is 9.64 Å². The molecule has 1 fully saturated rings. The lowest BCUT2D eigenvalue weighted by Gasteiger charge is -2.35. The van der Waals surface area contributed by atoms with Crippen molar-refractivity contribution in [1.82, 2.24) is 15.1 Å². The zero-order valence-electron chi connectivity index (χ0n) is 18.6. The predicted molar refractivity (Wildman–Crippen MR) is 127 cm³/mol. The first kappa shape index (κ1) is 22.1. The third kappa shape index (κ3) is 5.02. The van der Waals surface area contributed by atoms with Gasteiger partial charge in [0.1, 0.15) is 5.75 Å². The first-order valence-corrected chi connectivity index (χ1v) is 11.1. The summed E-state index contributed by atoms with van der Waals surface area (Å²) in [6, 6.07) is 15.9. The number of amides is 1. The number of halogens is 1. The molecule has 0 radical (unpaired) electrons. The van der Waals surface area contributed by atoms with E-state index in [0.29, 0.717) is 37.0 Å². The van der Waals surface area contributed by atoms with Crippen LogP contribution >= 0.6 is 11.6 Å². The molecule has 0 atom stereocenters. The SMILES string of the molecule is Cc1ccc(-c2ccc(N3CCN(C(=O)COc4cc(C)ccc4Cl)CC3)nn2)c(C)c1. The molecule has 7 heteroatoms. The van der Waals surface area contributed by atoms with E-state index in [4.69, 9.17) is 16.3 Å². The lowest BCUT2D eigenvalue weighted by Crippen LogP contribution is -2.50. The van der Waals surface area contributed by atoms with Crippen LogP contribution in [0.15, 0.2) is 48.5 Å². The number of carbonyl (C=O) groups excluding carboxylic acids is 1.